The van der Waals surface area contributed by atoms with Gasteiger partial charge in [-0.3, -0.25) is 9.10 Å². The Morgan fingerprint density at radius 3 is 2.66 bits per heavy atom. The monoisotopic (exact) mass is 452 g/mol. The van der Waals surface area contributed by atoms with Crippen molar-refractivity contribution in [2.75, 3.05) is 16.6 Å². The van der Waals surface area contributed by atoms with Crippen LogP contribution in [-0.2, 0) is 7.05 Å². The molecule has 4 aromatic rings. The van der Waals surface area contributed by atoms with Crippen LogP contribution in [0.3, 0.4) is 0 Å². The van der Waals surface area contributed by atoms with Gasteiger partial charge >= 0.3 is 0 Å². The normalized spacial score (nSPS) is 13.7. The topological polar surface area (TPSA) is 60.3 Å². The molecule has 5 rings (SSSR count). The number of hydrogen-bond donors (Lipinski definition) is 0. The number of halogens is 2. The van der Waals surface area contributed by atoms with Crippen molar-refractivity contribution in [2.24, 2.45) is 7.05 Å². The van der Waals surface area contributed by atoms with Crippen LogP contribution in [0, 0.1) is 11.6 Å². The van der Waals surface area contributed by atoms with Crippen molar-refractivity contribution >= 4 is 28.7 Å². The number of hydrogen-bond acceptors (Lipinski definition) is 6. The van der Waals surface area contributed by atoms with E-state index in [9.17, 15) is 13.6 Å². The fourth-order valence-corrected chi connectivity index (χ4v) is 4.58. The lowest BCUT2D eigenvalue weighted by atomic mass is 10.0. The molecule has 1 saturated heterocycles. The fourth-order valence-electron chi connectivity index (χ4n) is 3.64. The van der Waals surface area contributed by atoms with E-state index in [1.54, 1.807) is 37.3 Å². The molecule has 0 saturated carbocycles. The van der Waals surface area contributed by atoms with Gasteiger partial charge in [0.1, 0.15) is 11.5 Å². The molecule has 2 aromatic carbocycles. The summed E-state index contributed by atoms with van der Waals surface area (Å²) in [6.45, 7) is 0.810. The van der Waals surface area contributed by atoms with Crippen molar-refractivity contribution < 1.29 is 13.5 Å². The molecule has 32 heavy (non-hydrogen) atoms. The quantitative estimate of drug-likeness (QED) is 0.410. The Balaban J connectivity index is 1.72. The molecule has 6 nitrogen and oxygen atoms in total. The van der Waals surface area contributed by atoms with Crippen molar-refractivity contribution in [1.29, 1.82) is 0 Å². The zero-order valence-electron chi connectivity index (χ0n) is 17.1. The van der Waals surface area contributed by atoms with Gasteiger partial charge in [-0.15, -0.1) is 0 Å². The van der Waals surface area contributed by atoms with Gasteiger partial charge in [0.2, 0.25) is 5.95 Å². The van der Waals surface area contributed by atoms with E-state index >= 15 is 0 Å². The number of rotatable bonds is 4. The summed E-state index contributed by atoms with van der Waals surface area (Å²) in [6, 6.07) is 10.3. The van der Waals surface area contributed by atoms with Gasteiger partial charge in [-0.25, -0.2) is 18.7 Å². The van der Waals surface area contributed by atoms with Gasteiger partial charge in [0.25, 0.3) is 5.56 Å². The third-order valence-corrected chi connectivity index (χ3v) is 6.31. The van der Waals surface area contributed by atoms with Gasteiger partial charge in [-0.05, 0) is 42.0 Å². The standard InChI is InChI=1S/C23H18F2N4O2S/c1-28-13-17(15-5-2-3-6-16(15)22(28)30)21-20(31-19-8-7-14(24)11-18(19)25)12-26-23(27-21)29-9-4-10-32-29/h2-3,5-8,11-13H,4,9-10H2,1H3. The van der Waals surface area contributed by atoms with E-state index in [1.165, 1.54) is 16.8 Å². The summed E-state index contributed by atoms with van der Waals surface area (Å²) in [5.41, 5.74) is 0.923. The molecule has 9 heteroatoms. The van der Waals surface area contributed by atoms with Crippen molar-refractivity contribution in [2.45, 2.75) is 6.42 Å². The van der Waals surface area contributed by atoms with Gasteiger partial charge < -0.3 is 9.30 Å². The number of aryl methyl sites for hydroxylation is 1. The second-order valence-corrected chi connectivity index (χ2v) is 8.46. The Morgan fingerprint density at radius 2 is 1.91 bits per heavy atom. The van der Waals surface area contributed by atoms with Crippen LogP contribution in [0.5, 0.6) is 11.5 Å². The molecule has 0 atom stereocenters. The molecular formula is C23H18F2N4O2S. The maximum Gasteiger partial charge on any atom is 0.258 e. The minimum atomic E-state index is -0.833. The van der Waals surface area contributed by atoms with E-state index < -0.39 is 11.6 Å². The summed E-state index contributed by atoms with van der Waals surface area (Å²) in [5.74, 6) is 0.00561. The summed E-state index contributed by atoms with van der Waals surface area (Å²) >= 11 is 1.63. The Bertz CT molecular complexity index is 1390. The Labute approximate surface area is 186 Å². The van der Waals surface area contributed by atoms with Crippen molar-refractivity contribution in [3.63, 3.8) is 0 Å². The number of aromatic nitrogens is 3. The molecule has 1 aliphatic rings. The van der Waals surface area contributed by atoms with Gasteiger partial charge in [-0.1, -0.05) is 18.2 Å². The second-order valence-electron chi connectivity index (χ2n) is 7.35. The van der Waals surface area contributed by atoms with Crippen molar-refractivity contribution in [1.82, 2.24) is 14.5 Å². The molecule has 0 aliphatic carbocycles. The number of pyridine rings is 1. The third-order valence-electron chi connectivity index (χ3n) is 5.18. The second kappa shape index (κ2) is 8.23. The zero-order chi connectivity index (χ0) is 22.2. The molecule has 0 amide bonds. The molecule has 3 heterocycles. The highest BCUT2D eigenvalue weighted by Crippen LogP contribution is 2.37. The fraction of sp³-hybridized carbons (Fsp3) is 0.174. The zero-order valence-corrected chi connectivity index (χ0v) is 17.9. The number of nitrogens with zero attached hydrogens (tertiary/aromatic N) is 4. The van der Waals surface area contributed by atoms with Gasteiger partial charge in [0, 0.05) is 42.6 Å². The lowest BCUT2D eigenvalue weighted by Gasteiger charge is -2.18. The van der Waals surface area contributed by atoms with Crippen LogP contribution in [0.25, 0.3) is 22.0 Å². The first kappa shape index (κ1) is 20.4. The first-order valence-corrected chi connectivity index (χ1v) is 10.9. The Morgan fingerprint density at radius 1 is 1.09 bits per heavy atom. The molecule has 162 valence electrons. The summed E-state index contributed by atoms with van der Waals surface area (Å²) in [4.78, 5) is 21.8. The van der Waals surface area contributed by atoms with Crippen molar-refractivity contribution in [3.05, 3.63) is 76.8 Å². The van der Waals surface area contributed by atoms with Crippen LogP contribution in [0.15, 0.2) is 59.7 Å². The molecule has 0 N–H and O–H groups in total. The van der Waals surface area contributed by atoms with E-state index in [-0.39, 0.29) is 17.1 Å². The van der Waals surface area contributed by atoms with E-state index in [1.807, 2.05) is 16.4 Å². The van der Waals surface area contributed by atoms with Crippen molar-refractivity contribution in [3.8, 4) is 22.8 Å². The maximum atomic E-state index is 14.3. The molecule has 1 aliphatic heterocycles. The minimum Gasteiger partial charge on any atom is -0.450 e. The summed E-state index contributed by atoms with van der Waals surface area (Å²) in [5, 5.41) is 1.22. The average Bonchev–Trinajstić information content (AvgIpc) is 3.33. The van der Waals surface area contributed by atoms with Gasteiger partial charge in [0.15, 0.2) is 17.3 Å². The molecule has 1 fully saturated rings. The lowest BCUT2D eigenvalue weighted by molar-refractivity contribution is 0.436. The molecule has 0 radical (unpaired) electrons. The first-order valence-electron chi connectivity index (χ1n) is 10.0. The van der Waals surface area contributed by atoms with E-state index in [0.29, 0.717) is 28.0 Å². The lowest BCUT2D eigenvalue weighted by Crippen LogP contribution is -2.17. The van der Waals surface area contributed by atoms with E-state index in [2.05, 4.69) is 4.98 Å². The predicted molar refractivity (Wildman–Crippen MR) is 121 cm³/mol. The highest BCUT2D eigenvalue weighted by Gasteiger charge is 2.22. The van der Waals surface area contributed by atoms with Crippen LogP contribution in [0.2, 0.25) is 0 Å². The molecule has 0 unspecified atom stereocenters. The minimum absolute atomic E-state index is 0.138. The Hall–Kier alpha value is -3.46. The number of anilines is 1. The maximum absolute atomic E-state index is 14.3. The predicted octanol–water partition coefficient (Wildman–Crippen LogP) is 4.92. The van der Waals surface area contributed by atoms with Crippen LogP contribution >= 0.6 is 11.9 Å². The Kier molecular flexibility index (Phi) is 5.26. The molecule has 0 bridgehead atoms. The smallest absolute Gasteiger partial charge is 0.258 e. The van der Waals surface area contributed by atoms with Crippen LogP contribution < -0.4 is 14.6 Å². The molecular weight excluding hydrogens is 434 g/mol. The highest BCUT2D eigenvalue weighted by atomic mass is 32.2. The molecule has 2 aromatic heterocycles. The first-order chi connectivity index (χ1) is 15.5. The van der Waals surface area contributed by atoms with Crippen LogP contribution in [0.1, 0.15) is 6.42 Å². The largest absolute Gasteiger partial charge is 0.450 e. The average molecular weight is 452 g/mol. The van der Waals surface area contributed by atoms with E-state index in [4.69, 9.17) is 9.72 Å². The third kappa shape index (κ3) is 3.69. The number of fused-ring (bicyclic) bond motifs is 1. The number of benzene rings is 2. The van der Waals surface area contributed by atoms with E-state index in [0.717, 1.165) is 30.9 Å². The van der Waals surface area contributed by atoms with Gasteiger partial charge in [0.05, 0.1) is 6.20 Å². The molecule has 0 spiro atoms. The highest BCUT2D eigenvalue weighted by molar-refractivity contribution is 8.00. The van der Waals surface area contributed by atoms with Gasteiger partial charge in [-0.2, -0.15) is 0 Å². The summed E-state index contributed by atoms with van der Waals surface area (Å²) in [7, 11) is 1.66. The SMILES string of the molecule is Cn1cc(-c2nc(N3CCCS3)ncc2Oc2ccc(F)cc2F)c2ccccc2c1=O. The van der Waals surface area contributed by atoms with Crippen LogP contribution in [0.4, 0.5) is 14.7 Å². The summed E-state index contributed by atoms with van der Waals surface area (Å²) < 4.78 is 36.9. The number of ether oxygens (including phenoxy) is 1. The summed E-state index contributed by atoms with van der Waals surface area (Å²) in [6.07, 6.45) is 4.19. The van der Waals surface area contributed by atoms with Crippen LogP contribution in [-0.4, -0.2) is 26.8 Å².